The topological polar surface area (TPSA) is 51.2 Å². The fourth-order valence-electron chi connectivity index (χ4n) is 1.47. The molecule has 0 radical (unpaired) electrons. The molecule has 0 aliphatic rings. The van der Waals surface area contributed by atoms with Crippen LogP contribution < -0.4 is 11.1 Å². The van der Waals surface area contributed by atoms with Crippen LogP contribution in [0.3, 0.4) is 0 Å². The Bertz CT molecular complexity index is 454. The second kappa shape index (κ2) is 5.25. The standard InChI is InChI=1S/C12H13IN2O/c13-9-3-4-12(11(14)8-9)15-6-5-10-2-1-7-16-10/h1-4,7-8,15H,5-6,14H2. The van der Waals surface area contributed by atoms with Gasteiger partial charge in [-0.1, -0.05) is 0 Å². The van der Waals surface area contributed by atoms with E-state index in [0.29, 0.717) is 0 Å². The van der Waals surface area contributed by atoms with E-state index in [4.69, 9.17) is 10.2 Å². The lowest BCUT2D eigenvalue weighted by molar-refractivity contribution is 0.513. The molecule has 16 heavy (non-hydrogen) atoms. The Morgan fingerprint density at radius 3 is 2.88 bits per heavy atom. The summed E-state index contributed by atoms with van der Waals surface area (Å²) in [5.41, 5.74) is 7.65. The molecule has 0 saturated carbocycles. The van der Waals surface area contributed by atoms with Gasteiger partial charge in [-0.05, 0) is 52.9 Å². The average molecular weight is 328 g/mol. The highest BCUT2D eigenvalue weighted by Crippen LogP contribution is 2.20. The summed E-state index contributed by atoms with van der Waals surface area (Å²) in [4.78, 5) is 0. The van der Waals surface area contributed by atoms with Crippen molar-refractivity contribution in [3.8, 4) is 0 Å². The van der Waals surface area contributed by atoms with Crippen LogP contribution in [0, 0.1) is 3.57 Å². The van der Waals surface area contributed by atoms with Crippen LogP contribution in [0.5, 0.6) is 0 Å². The molecule has 2 rings (SSSR count). The first-order valence-electron chi connectivity index (χ1n) is 5.07. The van der Waals surface area contributed by atoms with Crippen LogP contribution in [0.4, 0.5) is 11.4 Å². The van der Waals surface area contributed by atoms with Gasteiger partial charge in [-0.15, -0.1) is 0 Å². The summed E-state index contributed by atoms with van der Waals surface area (Å²) in [6.45, 7) is 0.818. The molecule has 0 bridgehead atoms. The van der Waals surface area contributed by atoms with Crippen LogP contribution in [-0.2, 0) is 6.42 Å². The zero-order chi connectivity index (χ0) is 11.4. The molecular formula is C12H13IN2O. The first-order chi connectivity index (χ1) is 7.75. The molecule has 2 aromatic rings. The Morgan fingerprint density at radius 1 is 1.31 bits per heavy atom. The lowest BCUT2D eigenvalue weighted by Gasteiger charge is -2.08. The van der Waals surface area contributed by atoms with Crippen LogP contribution in [0.2, 0.25) is 0 Å². The van der Waals surface area contributed by atoms with Gasteiger partial charge in [0.05, 0.1) is 17.6 Å². The fourth-order valence-corrected chi connectivity index (χ4v) is 1.99. The van der Waals surface area contributed by atoms with Crippen molar-refractivity contribution in [3.63, 3.8) is 0 Å². The second-order valence-electron chi connectivity index (χ2n) is 3.49. The smallest absolute Gasteiger partial charge is 0.105 e. The fraction of sp³-hybridized carbons (Fsp3) is 0.167. The molecule has 3 N–H and O–H groups in total. The second-order valence-corrected chi connectivity index (χ2v) is 4.73. The highest BCUT2D eigenvalue weighted by atomic mass is 127. The predicted molar refractivity (Wildman–Crippen MR) is 74.5 cm³/mol. The van der Waals surface area contributed by atoms with Crippen molar-refractivity contribution in [1.82, 2.24) is 0 Å². The highest BCUT2D eigenvalue weighted by Gasteiger charge is 2.00. The van der Waals surface area contributed by atoms with Crippen molar-refractivity contribution in [2.24, 2.45) is 0 Å². The normalized spacial score (nSPS) is 10.3. The van der Waals surface area contributed by atoms with E-state index in [0.717, 1.165) is 33.7 Å². The molecule has 84 valence electrons. The van der Waals surface area contributed by atoms with E-state index in [-0.39, 0.29) is 0 Å². The molecule has 0 aliphatic carbocycles. The van der Waals surface area contributed by atoms with E-state index >= 15 is 0 Å². The minimum Gasteiger partial charge on any atom is -0.469 e. The molecule has 1 aromatic heterocycles. The van der Waals surface area contributed by atoms with Crippen molar-refractivity contribution in [2.45, 2.75) is 6.42 Å². The lowest BCUT2D eigenvalue weighted by atomic mass is 10.2. The van der Waals surface area contributed by atoms with Gasteiger partial charge in [-0.2, -0.15) is 0 Å². The summed E-state index contributed by atoms with van der Waals surface area (Å²) < 4.78 is 6.39. The maximum Gasteiger partial charge on any atom is 0.105 e. The number of nitrogens with one attached hydrogen (secondary N) is 1. The Balaban J connectivity index is 1.90. The van der Waals surface area contributed by atoms with Crippen LogP contribution in [0.1, 0.15) is 5.76 Å². The lowest BCUT2D eigenvalue weighted by Crippen LogP contribution is -2.06. The van der Waals surface area contributed by atoms with Crippen LogP contribution in [-0.4, -0.2) is 6.54 Å². The molecule has 0 unspecified atom stereocenters. The van der Waals surface area contributed by atoms with Gasteiger partial charge in [-0.3, -0.25) is 0 Å². The Kier molecular flexibility index (Phi) is 3.71. The molecule has 0 spiro atoms. The molecule has 1 aromatic carbocycles. The third-order valence-corrected chi connectivity index (χ3v) is 2.95. The minimum atomic E-state index is 0.784. The third-order valence-electron chi connectivity index (χ3n) is 2.28. The molecule has 0 fully saturated rings. The van der Waals surface area contributed by atoms with Gasteiger partial charge < -0.3 is 15.5 Å². The van der Waals surface area contributed by atoms with Crippen molar-refractivity contribution in [2.75, 3.05) is 17.6 Å². The SMILES string of the molecule is Nc1cc(I)ccc1NCCc1ccco1. The number of anilines is 2. The first kappa shape index (κ1) is 11.3. The molecule has 4 heteroatoms. The van der Waals surface area contributed by atoms with Crippen LogP contribution in [0.15, 0.2) is 41.0 Å². The number of nitrogen functional groups attached to an aromatic ring is 1. The molecule has 0 aliphatic heterocycles. The predicted octanol–water partition coefficient (Wildman–Crippen LogP) is 3.12. The van der Waals surface area contributed by atoms with E-state index in [9.17, 15) is 0 Å². The van der Waals surface area contributed by atoms with Gasteiger partial charge in [0.2, 0.25) is 0 Å². The Labute approximate surface area is 108 Å². The average Bonchev–Trinajstić information content (AvgIpc) is 2.74. The molecule has 0 amide bonds. The number of hydrogen-bond acceptors (Lipinski definition) is 3. The summed E-state index contributed by atoms with van der Waals surface area (Å²) in [6.07, 6.45) is 2.55. The highest BCUT2D eigenvalue weighted by molar-refractivity contribution is 14.1. The van der Waals surface area contributed by atoms with E-state index in [1.807, 2.05) is 30.3 Å². The van der Waals surface area contributed by atoms with Gasteiger partial charge in [0, 0.05) is 16.5 Å². The quantitative estimate of drug-likeness (QED) is 0.670. The van der Waals surface area contributed by atoms with E-state index in [1.165, 1.54) is 0 Å². The molecule has 0 atom stereocenters. The molecule has 0 saturated heterocycles. The van der Waals surface area contributed by atoms with Gasteiger partial charge >= 0.3 is 0 Å². The van der Waals surface area contributed by atoms with Gasteiger partial charge in [-0.25, -0.2) is 0 Å². The largest absolute Gasteiger partial charge is 0.469 e. The summed E-state index contributed by atoms with van der Waals surface area (Å²) in [5, 5.41) is 3.29. The van der Waals surface area contributed by atoms with Crippen molar-refractivity contribution in [3.05, 3.63) is 45.9 Å². The van der Waals surface area contributed by atoms with Gasteiger partial charge in [0.25, 0.3) is 0 Å². The number of halogens is 1. The maximum atomic E-state index is 5.89. The monoisotopic (exact) mass is 328 g/mol. The minimum absolute atomic E-state index is 0.784. The van der Waals surface area contributed by atoms with Gasteiger partial charge in [0.1, 0.15) is 5.76 Å². The summed E-state index contributed by atoms with van der Waals surface area (Å²) in [7, 11) is 0. The zero-order valence-electron chi connectivity index (χ0n) is 8.74. The number of benzene rings is 1. The van der Waals surface area contributed by atoms with E-state index < -0.39 is 0 Å². The van der Waals surface area contributed by atoms with Crippen molar-refractivity contribution < 1.29 is 4.42 Å². The van der Waals surface area contributed by atoms with E-state index in [1.54, 1.807) is 6.26 Å². The number of nitrogens with two attached hydrogens (primary N) is 1. The van der Waals surface area contributed by atoms with E-state index in [2.05, 4.69) is 27.9 Å². The molecule has 3 nitrogen and oxygen atoms in total. The summed E-state index contributed by atoms with van der Waals surface area (Å²) in [6, 6.07) is 9.86. The van der Waals surface area contributed by atoms with Crippen LogP contribution in [0.25, 0.3) is 0 Å². The number of rotatable bonds is 4. The Morgan fingerprint density at radius 2 is 2.19 bits per heavy atom. The van der Waals surface area contributed by atoms with Crippen molar-refractivity contribution in [1.29, 1.82) is 0 Å². The number of hydrogen-bond donors (Lipinski definition) is 2. The third kappa shape index (κ3) is 2.91. The maximum absolute atomic E-state index is 5.89. The Hall–Kier alpha value is -1.17. The number of furan rings is 1. The molecular weight excluding hydrogens is 315 g/mol. The van der Waals surface area contributed by atoms with Crippen molar-refractivity contribution >= 4 is 34.0 Å². The first-order valence-corrected chi connectivity index (χ1v) is 6.15. The summed E-state index contributed by atoms with van der Waals surface area (Å²) >= 11 is 2.25. The molecule has 1 heterocycles. The van der Waals surface area contributed by atoms with Gasteiger partial charge in [0.15, 0.2) is 0 Å². The van der Waals surface area contributed by atoms with Crippen LogP contribution >= 0.6 is 22.6 Å². The summed E-state index contributed by atoms with van der Waals surface area (Å²) in [5.74, 6) is 0.983. The zero-order valence-corrected chi connectivity index (χ0v) is 10.9.